The minimum absolute atomic E-state index is 0.209. The number of carbonyl (C=O) groups is 1. The summed E-state index contributed by atoms with van der Waals surface area (Å²) >= 11 is 0. The van der Waals surface area contributed by atoms with E-state index in [9.17, 15) is 13.2 Å². The maximum Gasteiger partial charge on any atom is 0.246 e. The molecular weight excluding hydrogens is 356 g/mol. The molecule has 1 fully saturated rings. The summed E-state index contributed by atoms with van der Waals surface area (Å²) in [6.07, 6.45) is 2.80. The predicted molar refractivity (Wildman–Crippen MR) is 97.3 cm³/mol. The second-order valence-electron chi connectivity index (χ2n) is 6.23. The fourth-order valence-electron chi connectivity index (χ4n) is 3.08. The molecule has 2 aromatic rings. The van der Waals surface area contributed by atoms with E-state index in [2.05, 4.69) is 9.82 Å². The molecule has 1 saturated heterocycles. The van der Waals surface area contributed by atoms with Crippen molar-refractivity contribution < 1.29 is 17.9 Å². The third-order valence-corrected chi connectivity index (χ3v) is 5.68. The summed E-state index contributed by atoms with van der Waals surface area (Å²) in [6, 6.07) is 7.84. The van der Waals surface area contributed by atoms with Crippen LogP contribution >= 0.6 is 0 Å². The third kappa shape index (κ3) is 4.05. The summed E-state index contributed by atoms with van der Waals surface area (Å²) in [6.45, 7) is 0.548. The monoisotopic (exact) mass is 378 g/mol. The van der Waals surface area contributed by atoms with Gasteiger partial charge in [-0.3, -0.25) is 14.4 Å². The van der Waals surface area contributed by atoms with Gasteiger partial charge in [0.25, 0.3) is 0 Å². The lowest BCUT2D eigenvalue weighted by Crippen LogP contribution is -2.53. The van der Waals surface area contributed by atoms with Crippen molar-refractivity contribution in [1.82, 2.24) is 14.5 Å². The molecule has 0 saturated carbocycles. The van der Waals surface area contributed by atoms with Gasteiger partial charge in [-0.2, -0.15) is 5.10 Å². The number of aryl methyl sites for hydroxylation is 1. The first kappa shape index (κ1) is 18.4. The van der Waals surface area contributed by atoms with E-state index in [0.29, 0.717) is 36.5 Å². The van der Waals surface area contributed by atoms with Crippen LogP contribution in [0.4, 0.5) is 5.82 Å². The number of piperidine rings is 1. The number of ether oxygens (including phenoxy) is 1. The first-order chi connectivity index (χ1) is 12.4. The number of hydrogen-bond donors (Lipinski definition) is 1. The highest BCUT2D eigenvalue weighted by molar-refractivity contribution is 7.88. The van der Waals surface area contributed by atoms with Gasteiger partial charge in [-0.25, -0.2) is 13.1 Å². The molecule has 1 aromatic carbocycles. The molecular formula is C17H22N4O4S. The van der Waals surface area contributed by atoms with Crippen molar-refractivity contribution in [2.24, 2.45) is 7.05 Å². The van der Waals surface area contributed by atoms with E-state index >= 15 is 0 Å². The van der Waals surface area contributed by atoms with Gasteiger partial charge in [-0.1, -0.05) is 12.1 Å². The number of rotatable bonds is 6. The van der Waals surface area contributed by atoms with E-state index in [1.807, 2.05) is 0 Å². The number of anilines is 1. The fraction of sp³-hybridized carbons (Fsp3) is 0.412. The third-order valence-electron chi connectivity index (χ3n) is 4.32. The molecule has 1 amide bonds. The normalized spacial score (nSPS) is 18.2. The van der Waals surface area contributed by atoms with Gasteiger partial charge < -0.3 is 4.74 Å². The molecule has 1 aliphatic heterocycles. The maximum atomic E-state index is 12.7. The Kier molecular flexibility index (Phi) is 5.28. The van der Waals surface area contributed by atoms with Crippen molar-refractivity contribution in [2.75, 3.05) is 18.6 Å². The summed E-state index contributed by atoms with van der Waals surface area (Å²) < 4.78 is 34.3. The molecule has 9 heteroatoms. The van der Waals surface area contributed by atoms with Crippen molar-refractivity contribution in [3.8, 4) is 5.75 Å². The van der Waals surface area contributed by atoms with E-state index in [4.69, 9.17) is 4.74 Å². The SMILES string of the molecule is COc1cccc(CS(=O)(=O)NC2CCCN(c3ccnn3C)C2=O)c1. The molecule has 8 nitrogen and oxygen atoms in total. The number of sulfonamides is 1. The van der Waals surface area contributed by atoms with E-state index in [-0.39, 0.29) is 11.7 Å². The highest BCUT2D eigenvalue weighted by atomic mass is 32.2. The summed E-state index contributed by atoms with van der Waals surface area (Å²) in [5.41, 5.74) is 0.601. The second kappa shape index (κ2) is 7.46. The second-order valence-corrected chi connectivity index (χ2v) is 7.98. The molecule has 1 N–H and O–H groups in total. The quantitative estimate of drug-likeness (QED) is 0.811. The van der Waals surface area contributed by atoms with Gasteiger partial charge in [-0.05, 0) is 30.5 Å². The Balaban J connectivity index is 1.72. The minimum Gasteiger partial charge on any atom is -0.497 e. The summed E-state index contributed by atoms with van der Waals surface area (Å²) in [4.78, 5) is 14.3. The average molecular weight is 378 g/mol. The highest BCUT2D eigenvalue weighted by Crippen LogP contribution is 2.21. The van der Waals surface area contributed by atoms with Crippen LogP contribution in [0.25, 0.3) is 0 Å². The van der Waals surface area contributed by atoms with Gasteiger partial charge in [-0.15, -0.1) is 0 Å². The molecule has 0 spiro atoms. The molecule has 140 valence electrons. The lowest BCUT2D eigenvalue weighted by atomic mass is 10.1. The van der Waals surface area contributed by atoms with E-state index in [1.165, 1.54) is 7.11 Å². The summed E-state index contributed by atoms with van der Waals surface area (Å²) in [7, 11) is -0.393. The van der Waals surface area contributed by atoms with Gasteiger partial charge in [0.1, 0.15) is 17.6 Å². The molecule has 1 atom stereocenters. The molecule has 1 unspecified atom stereocenters. The topological polar surface area (TPSA) is 93.5 Å². The zero-order chi connectivity index (χ0) is 18.7. The first-order valence-electron chi connectivity index (χ1n) is 8.32. The Morgan fingerprint density at radius 1 is 1.35 bits per heavy atom. The van der Waals surface area contributed by atoms with Crippen LogP contribution in [-0.4, -0.2) is 43.8 Å². The van der Waals surface area contributed by atoms with Crippen molar-refractivity contribution in [1.29, 1.82) is 0 Å². The minimum atomic E-state index is -3.67. The summed E-state index contributed by atoms with van der Waals surface area (Å²) in [5.74, 6) is 0.786. The van der Waals surface area contributed by atoms with Gasteiger partial charge >= 0.3 is 0 Å². The van der Waals surface area contributed by atoms with Crippen LogP contribution in [0.15, 0.2) is 36.5 Å². The van der Waals surface area contributed by atoms with Crippen LogP contribution in [0.1, 0.15) is 18.4 Å². The van der Waals surface area contributed by atoms with Crippen LogP contribution in [0, 0.1) is 0 Å². The Morgan fingerprint density at radius 3 is 2.85 bits per heavy atom. The zero-order valence-electron chi connectivity index (χ0n) is 14.8. The predicted octanol–water partition coefficient (Wildman–Crippen LogP) is 1.04. The molecule has 0 bridgehead atoms. The Bertz CT molecular complexity index is 894. The van der Waals surface area contributed by atoms with Crippen molar-refractivity contribution >= 4 is 21.7 Å². The largest absolute Gasteiger partial charge is 0.497 e. The van der Waals surface area contributed by atoms with Gasteiger partial charge in [0.15, 0.2) is 0 Å². The molecule has 0 radical (unpaired) electrons. The van der Waals surface area contributed by atoms with Crippen LogP contribution in [0.2, 0.25) is 0 Å². The number of aromatic nitrogens is 2. The van der Waals surface area contributed by atoms with Crippen molar-refractivity contribution in [3.63, 3.8) is 0 Å². The fourth-order valence-corrected chi connectivity index (χ4v) is 4.44. The van der Waals surface area contributed by atoms with E-state index in [1.54, 1.807) is 53.2 Å². The van der Waals surface area contributed by atoms with Gasteiger partial charge in [0.2, 0.25) is 15.9 Å². The van der Waals surface area contributed by atoms with Crippen molar-refractivity contribution in [2.45, 2.75) is 24.6 Å². The molecule has 0 aliphatic carbocycles. The standard InChI is InChI=1S/C17H22N4O4S/c1-20-16(8-9-18-20)21-10-4-7-15(17(21)22)19-26(23,24)12-13-5-3-6-14(11-13)25-2/h3,5-6,8-9,11,15,19H,4,7,10,12H2,1-2H3. The van der Waals surface area contributed by atoms with Crippen LogP contribution in [0.3, 0.4) is 0 Å². The van der Waals surface area contributed by atoms with Gasteiger partial charge in [0.05, 0.1) is 19.1 Å². The Labute approximate surface area is 152 Å². The van der Waals surface area contributed by atoms with E-state index in [0.717, 1.165) is 0 Å². The smallest absolute Gasteiger partial charge is 0.246 e. The molecule has 1 aliphatic rings. The summed E-state index contributed by atoms with van der Waals surface area (Å²) in [5, 5.41) is 4.07. The number of carbonyl (C=O) groups excluding carboxylic acids is 1. The molecule has 1 aromatic heterocycles. The lowest BCUT2D eigenvalue weighted by Gasteiger charge is -2.32. The zero-order valence-corrected chi connectivity index (χ0v) is 15.6. The van der Waals surface area contributed by atoms with Crippen LogP contribution < -0.4 is 14.4 Å². The van der Waals surface area contributed by atoms with Crippen molar-refractivity contribution in [3.05, 3.63) is 42.1 Å². The Morgan fingerprint density at radius 2 is 2.15 bits per heavy atom. The first-order valence-corrected chi connectivity index (χ1v) is 9.97. The average Bonchev–Trinajstić information content (AvgIpc) is 3.02. The molecule has 3 rings (SSSR count). The van der Waals surface area contributed by atoms with Gasteiger partial charge in [0, 0.05) is 19.7 Å². The highest BCUT2D eigenvalue weighted by Gasteiger charge is 2.33. The Hall–Kier alpha value is -2.39. The number of nitrogens with one attached hydrogen (secondary N) is 1. The number of nitrogens with zero attached hydrogens (tertiary/aromatic N) is 3. The lowest BCUT2D eigenvalue weighted by molar-refractivity contribution is -0.121. The maximum absolute atomic E-state index is 12.7. The number of hydrogen-bond acceptors (Lipinski definition) is 5. The molecule has 2 heterocycles. The number of benzene rings is 1. The number of methoxy groups -OCH3 is 1. The van der Waals surface area contributed by atoms with Crippen LogP contribution in [-0.2, 0) is 27.6 Å². The molecule has 26 heavy (non-hydrogen) atoms. The number of amides is 1. The van der Waals surface area contributed by atoms with E-state index < -0.39 is 16.1 Å². The van der Waals surface area contributed by atoms with Crippen LogP contribution in [0.5, 0.6) is 5.75 Å².